The minimum atomic E-state index is -3.63. The lowest BCUT2D eigenvalue weighted by atomic mass is 10.3. The van der Waals surface area contributed by atoms with Crippen molar-refractivity contribution in [2.75, 3.05) is 17.9 Å². The van der Waals surface area contributed by atoms with E-state index in [2.05, 4.69) is 9.71 Å². The molecule has 1 heterocycles. The Kier molecular flexibility index (Phi) is 4.77. The van der Waals surface area contributed by atoms with Gasteiger partial charge in [-0.15, -0.1) is 0 Å². The zero-order chi connectivity index (χ0) is 15.3. The molecule has 0 radical (unpaired) electrons. The Bertz CT molecular complexity index is 700. The molecular formula is C14H17N3O3S. The molecule has 0 amide bonds. The van der Waals surface area contributed by atoms with Crippen LogP contribution in [0.1, 0.15) is 5.69 Å². The van der Waals surface area contributed by atoms with E-state index in [0.29, 0.717) is 24.6 Å². The van der Waals surface area contributed by atoms with Crippen LogP contribution in [0.4, 0.5) is 5.69 Å². The molecule has 0 aliphatic rings. The van der Waals surface area contributed by atoms with Crippen molar-refractivity contribution in [3.05, 3.63) is 48.3 Å². The lowest BCUT2D eigenvalue weighted by molar-refractivity contribution is 0.328. The maximum Gasteiger partial charge on any atom is 0.261 e. The Hall–Kier alpha value is -2.12. The third kappa shape index (κ3) is 4.17. The predicted octanol–water partition coefficient (Wildman–Crippen LogP) is 1.53. The zero-order valence-electron chi connectivity index (χ0n) is 11.6. The maximum atomic E-state index is 12.2. The second kappa shape index (κ2) is 6.55. The summed E-state index contributed by atoms with van der Waals surface area (Å²) in [5.41, 5.74) is 6.55. The number of pyridine rings is 1. The van der Waals surface area contributed by atoms with Gasteiger partial charge in [0, 0.05) is 18.4 Å². The molecule has 0 atom stereocenters. The molecule has 0 bridgehead atoms. The second-order valence-corrected chi connectivity index (χ2v) is 6.08. The number of nitrogens with zero attached hydrogens (tertiary/aromatic N) is 1. The molecule has 0 aliphatic heterocycles. The molecule has 2 aromatic rings. The number of nitrogens with two attached hydrogens (primary N) is 1. The van der Waals surface area contributed by atoms with Gasteiger partial charge in [-0.2, -0.15) is 0 Å². The molecule has 0 saturated carbocycles. The van der Waals surface area contributed by atoms with E-state index in [1.54, 1.807) is 37.4 Å². The smallest absolute Gasteiger partial charge is 0.261 e. The van der Waals surface area contributed by atoms with E-state index in [-0.39, 0.29) is 4.90 Å². The Morgan fingerprint density at radius 3 is 2.57 bits per heavy atom. The number of rotatable bonds is 6. The van der Waals surface area contributed by atoms with Crippen LogP contribution in [0.2, 0.25) is 0 Å². The van der Waals surface area contributed by atoms with Crippen molar-refractivity contribution in [1.82, 2.24) is 4.98 Å². The third-order valence-corrected chi connectivity index (χ3v) is 4.07. The van der Waals surface area contributed by atoms with Gasteiger partial charge in [0.2, 0.25) is 0 Å². The molecular weight excluding hydrogens is 290 g/mol. The van der Waals surface area contributed by atoms with E-state index >= 15 is 0 Å². The first-order chi connectivity index (χ1) is 10.0. The quantitative estimate of drug-likeness (QED) is 0.844. The van der Waals surface area contributed by atoms with Crippen molar-refractivity contribution in [2.24, 2.45) is 5.73 Å². The van der Waals surface area contributed by atoms with Gasteiger partial charge in [0.15, 0.2) is 0 Å². The molecule has 7 heteroatoms. The molecule has 21 heavy (non-hydrogen) atoms. The van der Waals surface area contributed by atoms with Crippen LogP contribution in [0.5, 0.6) is 5.75 Å². The average molecular weight is 307 g/mol. The largest absolute Gasteiger partial charge is 0.492 e. The molecule has 1 aromatic heterocycles. The summed E-state index contributed by atoms with van der Waals surface area (Å²) in [6, 6.07) is 9.44. The molecule has 0 fully saturated rings. The number of hydrogen-bond donors (Lipinski definition) is 2. The molecule has 3 N–H and O–H groups in total. The highest BCUT2D eigenvalue weighted by atomic mass is 32.2. The zero-order valence-corrected chi connectivity index (χ0v) is 12.4. The van der Waals surface area contributed by atoms with Crippen LogP contribution in [0.25, 0.3) is 0 Å². The molecule has 0 spiro atoms. The number of anilines is 1. The molecule has 112 valence electrons. The monoisotopic (exact) mass is 307 g/mol. The number of benzene rings is 1. The highest BCUT2D eigenvalue weighted by molar-refractivity contribution is 7.92. The summed E-state index contributed by atoms with van der Waals surface area (Å²) in [4.78, 5) is 4.19. The summed E-state index contributed by atoms with van der Waals surface area (Å²) in [6.07, 6.45) is 1.55. The van der Waals surface area contributed by atoms with Crippen molar-refractivity contribution < 1.29 is 13.2 Å². The standard InChI is InChI=1S/C14H17N3O3S/c1-11-10-12(6-8-16-11)17-21(18,19)14-4-2-13(3-5-14)20-9-7-15/h2-6,8,10H,7,9,15H2,1H3,(H,16,17). The van der Waals surface area contributed by atoms with Gasteiger partial charge < -0.3 is 10.5 Å². The molecule has 0 saturated heterocycles. The summed E-state index contributed by atoms with van der Waals surface area (Å²) >= 11 is 0. The second-order valence-electron chi connectivity index (χ2n) is 4.40. The van der Waals surface area contributed by atoms with E-state index in [0.717, 1.165) is 5.69 Å². The average Bonchev–Trinajstić information content (AvgIpc) is 2.45. The predicted molar refractivity (Wildman–Crippen MR) is 80.8 cm³/mol. The lowest BCUT2D eigenvalue weighted by Crippen LogP contribution is -2.13. The maximum absolute atomic E-state index is 12.2. The summed E-state index contributed by atoms with van der Waals surface area (Å²) in [5, 5.41) is 0. The number of hydrogen-bond acceptors (Lipinski definition) is 5. The minimum Gasteiger partial charge on any atom is -0.492 e. The van der Waals surface area contributed by atoms with Gasteiger partial charge in [-0.05, 0) is 43.3 Å². The SMILES string of the molecule is Cc1cc(NS(=O)(=O)c2ccc(OCCN)cc2)ccn1. The van der Waals surface area contributed by atoms with E-state index in [4.69, 9.17) is 10.5 Å². The molecule has 2 rings (SSSR count). The Balaban J connectivity index is 2.15. The fourth-order valence-corrected chi connectivity index (χ4v) is 2.76. The lowest BCUT2D eigenvalue weighted by Gasteiger charge is -2.09. The van der Waals surface area contributed by atoms with Crippen molar-refractivity contribution in [1.29, 1.82) is 0 Å². The van der Waals surface area contributed by atoms with Gasteiger partial charge in [-0.25, -0.2) is 8.42 Å². The minimum absolute atomic E-state index is 0.164. The fourth-order valence-electron chi connectivity index (χ4n) is 1.71. The molecule has 0 unspecified atom stereocenters. The van der Waals surface area contributed by atoms with Crippen LogP contribution in [-0.2, 0) is 10.0 Å². The van der Waals surface area contributed by atoms with Crippen LogP contribution in [0.15, 0.2) is 47.5 Å². The van der Waals surface area contributed by atoms with E-state index < -0.39 is 10.0 Å². The summed E-state index contributed by atoms with van der Waals surface area (Å²) < 4.78 is 32.3. The van der Waals surface area contributed by atoms with Crippen molar-refractivity contribution in [3.63, 3.8) is 0 Å². The summed E-state index contributed by atoms with van der Waals surface area (Å²) in [6.45, 7) is 2.59. The first-order valence-corrected chi connectivity index (χ1v) is 7.88. The van der Waals surface area contributed by atoms with Crippen LogP contribution >= 0.6 is 0 Å². The van der Waals surface area contributed by atoms with Gasteiger partial charge in [0.25, 0.3) is 10.0 Å². The summed E-state index contributed by atoms with van der Waals surface area (Å²) in [5.74, 6) is 0.583. The highest BCUT2D eigenvalue weighted by Gasteiger charge is 2.14. The number of aryl methyl sites for hydroxylation is 1. The van der Waals surface area contributed by atoms with Crippen molar-refractivity contribution in [3.8, 4) is 5.75 Å². The number of nitrogens with one attached hydrogen (secondary N) is 1. The molecule has 6 nitrogen and oxygen atoms in total. The Labute approximate surface area is 124 Å². The van der Waals surface area contributed by atoms with Crippen LogP contribution in [-0.4, -0.2) is 26.6 Å². The first kappa shape index (κ1) is 15.3. The molecule has 1 aromatic carbocycles. The number of aromatic nitrogens is 1. The molecule has 0 aliphatic carbocycles. The Morgan fingerprint density at radius 1 is 1.24 bits per heavy atom. The van der Waals surface area contributed by atoms with Gasteiger partial charge >= 0.3 is 0 Å². The summed E-state index contributed by atoms with van der Waals surface area (Å²) in [7, 11) is -3.63. The topological polar surface area (TPSA) is 94.3 Å². The third-order valence-electron chi connectivity index (χ3n) is 2.67. The van der Waals surface area contributed by atoms with Gasteiger partial charge in [-0.3, -0.25) is 9.71 Å². The first-order valence-electron chi connectivity index (χ1n) is 6.40. The van der Waals surface area contributed by atoms with Crippen LogP contribution < -0.4 is 15.2 Å². The van der Waals surface area contributed by atoms with Crippen LogP contribution in [0.3, 0.4) is 0 Å². The fraction of sp³-hybridized carbons (Fsp3) is 0.214. The van der Waals surface area contributed by atoms with Crippen molar-refractivity contribution >= 4 is 15.7 Å². The number of ether oxygens (including phenoxy) is 1. The highest BCUT2D eigenvalue weighted by Crippen LogP contribution is 2.19. The Morgan fingerprint density at radius 2 is 1.95 bits per heavy atom. The number of sulfonamides is 1. The van der Waals surface area contributed by atoms with E-state index in [1.807, 2.05) is 0 Å². The van der Waals surface area contributed by atoms with Gasteiger partial charge in [-0.1, -0.05) is 0 Å². The van der Waals surface area contributed by atoms with E-state index in [1.165, 1.54) is 12.1 Å². The van der Waals surface area contributed by atoms with Crippen molar-refractivity contribution in [2.45, 2.75) is 11.8 Å². The normalized spacial score (nSPS) is 11.1. The van der Waals surface area contributed by atoms with Gasteiger partial charge in [0.1, 0.15) is 12.4 Å². The van der Waals surface area contributed by atoms with E-state index in [9.17, 15) is 8.42 Å². The van der Waals surface area contributed by atoms with Gasteiger partial charge in [0.05, 0.1) is 10.6 Å². The van der Waals surface area contributed by atoms with Crippen LogP contribution in [0, 0.1) is 6.92 Å².